The number of nitrogens with zero attached hydrogens (tertiary/aromatic N) is 2. The third-order valence-electron chi connectivity index (χ3n) is 5.93. The van der Waals surface area contributed by atoms with E-state index in [1.165, 1.54) is 27.6 Å². The van der Waals surface area contributed by atoms with Gasteiger partial charge in [0.15, 0.2) is 5.76 Å². The van der Waals surface area contributed by atoms with Crippen molar-refractivity contribution in [3.05, 3.63) is 48.4 Å². The molecular weight excluding hydrogens is 418 g/mol. The Morgan fingerprint density at radius 2 is 1.81 bits per heavy atom. The first kappa shape index (κ1) is 21.6. The summed E-state index contributed by atoms with van der Waals surface area (Å²) in [6, 6.07) is 8.85. The number of rotatable bonds is 5. The Balaban J connectivity index is 1.43. The molecule has 2 amide bonds. The first-order valence-electron chi connectivity index (χ1n) is 10.6. The monoisotopic (exact) mass is 445 g/mol. The smallest absolute Gasteiger partial charge is 0.290 e. The van der Waals surface area contributed by atoms with E-state index in [4.69, 9.17) is 4.42 Å². The molecule has 0 aliphatic carbocycles. The van der Waals surface area contributed by atoms with Crippen LogP contribution < -0.4 is 5.32 Å². The molecule has 1 aromatic carbocycles. The second kappa shape index (κ2) is 8.84. The van der Waals surface area contributed by atoms with Gasteiger partial charge in [-0.1, -0.05) is 6.92 Å². The molecule has 4 rings (SSSR count). The molecule has 0 spiro atoms. The van der Waals surface area contributed by atoms with Crippen molar-refractivity contribution in [2.75, 3.05) is 25.0 Å². The number of piperidine rings is 1. The molecule has 1 unspecified atom stereocenters. The van der Waals surface area contributed by atoms with Gasteiger partial charge in [0.25, 0.3) is 5.91 Å². The zero-order valence-corrected chi connectivity index (χ0v) is 18.3. The lowest BCUT2D eigenvalue weighted by molar-refractivity contribution is -0.119. The zero-order chi connectivity index (χ0) is 22.0. The van der Waals surface area contributed by atoms with Crippen molar-refractivity contribution in [1.29, 1.82) is 0 Å². The average Bonchev–Trinajstić information content (AvgIpc) is 3.46. The zero-order valence-electron chi connectivity index (χ0n) is 17.5. The van der Waals surface area contributed by atoms with Crippen LogP contribution in [-0.4, -0.2) is 55.1 Å². The third kappa shape index (κ3) is 4.52. The molecular formula is C22H27N3O5S. The summed E-state index contributed by atoms with van der Waals surface area (Å²) in [6.07, 6.45) is 4.63. The number of furan rings is 1. The Labute approximate surface area is 182 Å². The molecule has 3 heterocycles. The Kier molecular flexibility index (Phi) is 6.15. The van der Waals surface area contributed by atoms with Gasteiger partial charge < -0.3 is 14.6 Å². The van der Waals surface area contributed by atoms with Crippen LogP contribution >= 0.6 is 0 Å². The third-order valence-corrected chi connectivity index (χ3v) is 7.81. The summed E-state index contributed by atoms with van der Waals surface area (Å²) in [5.41, 5.74) is 0.494. The molecule has 1 N–H and O–H groups in total. The molecule has 1 aromatic heterocycles. The van der Waals surface area contributed by atoms with Gasteiger partial charge in [0.2, 0.25) is 15.9 Å². The lowest BCUT2D eigenvalue weighted by Gasteiger charge is -2.30. The highest BCUT2D eigenvalue weighted by molar-refractivity contribution is 7.89. The van der Waals surface area contributed by atoms with E-state index in [2.05, 4.69) is 12.2 Å². The average molecular weight is 446 g/mol. The summed E-state index contributed by atoms with van der Waals surface area (Å²) in [5, 5.41) is 2.81. The molecule has 31 heavy (non-hydrogen) atoms. The number of anilines is 1. The molecule has 8 nitrogen and oxygen atoms in total. The minimum atomic E-state index is -3.54. The fourth-order valence-electron chi connectivity index (χ4n) is 4.27. The summed E-state index contributed by atoms with van der Waals surface area (Å²) < 4.78 is 32.5. The standard InChI is InChI=1S/C22H27N3O5S/c1-16-5-2-12-24(15-16)31(28,29)18-10-8-17(9-11-18)23-21(26)19-6-3-13-25(19)22(27)20-7-4-14-30-20/h4,7-11,14,16,19H,2-3,5-6,12-13,15H2,1H3,(H,23,26)/t16?,19-/m0/s1. The Morgan fingerprint density at radius 1 is 1.06 bits per heavy atom. The fourth-order valence-corrected chi connectivity index (χ4v) is 5.87. The van der Waals surface area contributed by atoms with Crippen LogP contribution in [-0.2, 0) is 14.8 Å². The van der Waals surface area contributed by atoms with Crippen LogP contribution in [0.3, 0.4) is 0 Å². The number of carbonyl (C=O) groups is 2. The maximum Gasteiger partial charge on any atom is 0.290 e. The van der Waals surface area contributed by atoms with Crippen LogP contribution in [0.25, 0.3) is 0 Å². The molecule has 9 heteroatoms. The number of hydrogen-bond donors (Lipinski definition) is 1. The maximum absolute atomic E-state index is 12.9. The van der Waals surface area contributed by atoms with E-state index in [0.29, 0.717) is 37.7 Å². The van der Waals surface area contributed by atoms with E-state index in [0.717, 1.165) is 19.3 Å². The number of likely N-dealkylation sites (tertiary alicyclic amines) is 1. The Morgan fingerprint density at radius 3 is 2.48 bits per heavy atom. The van der Waals surface area contributed by atoms with Crippen molar-refractivity contribution in [2.45, 2.75) is 43.5 Å². The minimum Gasteiger partial charge on any atom is -0.459 e. The van der Waals surface area contributed by atoms with Gasteiger partial charge in [-0.05, 0) is 68.0 Å². The Bertz CT molecular complexity index is 1030. The fraction of sp³-hybridized carbons (Fsp3) is 0.455. The quantitative estimate of drug-likeness (QED) is 0.763. The van der Waals surface area contributed by atoms with Crippen molar-refractivity contribution >= 4 is 27.5 Å². The first-order valence-corrected chi connectivity index (χ1v) is 12.1. The van der Waals surface area contributed by atoms with E-state index >= 15 is 0 Å². The van der Waals surface area contributed by atoms with Gasteiger partial charge in [0.05, 0.1) is 11.2 Å². The number of nitrogens with one attached hydrogen (secondary N) is 1. The number of hydrogen-bond acceptors (Lipinski definition) is 5. The van der Waals surface area contributed by atoms with Crippen molar-refractivity contribution in [3.63, 3.8) is 0 Å². The van der Waals surface area contributed by atoms with E-state index < -0.39 is 16.1 Å². The summed E-state index contributed by atoms with van der Waals surface area (Å²) in [5.74, 6) is -0.0423. The van der Waals surface area contributed by atoms with E-state index in [9.17, 15) is 18.0 Å². The van der Waals surface area contributed by atoms with Crippen LogP contribution in [0.4, 0.5) is 5.69 Å². The molecule has 2 aliphatic rings. The van der Waals surface area contributed by atoms with E-state index in [1.54, 1.807) is 24.3 Å². The number of benzene rings is 1. The molecule has 2 aromatic rings. The van der Waals surface area contributed by atoms with Gasteiger partial charge in [0, 0.05) is 25.3 Å². The van der Waals surface area contributed by atoms with E-state index in [-0.39, 0.29) is 22.5 Å². The second-order valence-electron chi connectivity index (χ2n) is 8.26. The molecule has 0 radical (unpaired) electrons. The van der Waals surface area contributed by atoms with E-state index in [1.807, 2.05) is 0 Å². The number of carbonyl (C=O) groups excluding carboxylic acids is 2. The van der Waals surface area contributed by atoms with Crippen molar-refractivity contribution < 1.29 is 22.4 Å². The van der Waals surface area contributed by atoms with Crippen LogP contribution in [0.15, 0.2) is 52.0 Å². The van der Waals surface area contributed by atoms with Gasteiger partial charge in [-0.15, -0.1) is 0 Å². The predicted molar refractivity (Wildman–Crippen MR) is 115 cm³/mol. The molecule has 2 fully saturated rings. The molecule has 0 bridgehead atoms. The molecule has 2 atom stereocenters. The summed E-state index contributed by atoms with van der Waals surface area (Å²) >= 11 is 0. The minimum absolute atomic E-state index is 0.210. The molecule has 0 saturated carbocycles. The molecule has 166 valence electrons. The van der Waals surface area contributed by atoms with Crippen LogP contribution in [0, 0.1) is 5.92 Å². The summed E-state index contributed by atoms with van der Waals surface area (Å²) in [6.45, 7) is 3.61. The van der Waals surface area contributed by atoms with Crippen LogP contribution in [0.1, 0.15) is 43.2 Å². The lowest BCUT2D eigenvalue weighted by atomic mass is 10.0. The lowest BCUT2D eigenvalue weighted by Crippen LogP contribution is -2.43. The predicted octanol–water partition coefficient (Wildman–Crippen LogP) is 2.94. The van der Waals surface area contributed by atoms with Gasteiger partial charge in [0.1, 0.15) is 6.04 Å². The topological polar surface area (TPSA) is 99.9 Å². The largest absolute Gasteiger partial charge is 0.459 e. The molecule has 2 aliphatic heterocycles. The first-order chi connectivity index (χ1) is 14.9. The SMILES string of the molecule is CC1CCCN(S(=O)(=O)c2ccc(NC(=O)[C@@H]3CCCN3C(=O)c3ccco3)cc2)C1. The maximum atomic E-state index is 12.9. The second-order valence-corrected chi connectivity index (χ2v) is 10.2. The molecule has 2 saturated heterocycles. The highest BCUT2D eigenvalue weighted by Crippen LogP contribution is 2.25. The highest BCUT2D eigenvalue weighted by Gasteiger charge is 2.35. The Hall–Kier alpha value is -2.65. The van der Waals surface area contributed by atoms with Gasteiger partial charge in [-0.3, -0.25) is 9.59 Å². The van der Waals surface area contributed by atoms with Crippen LogP contribution in [0.5, 0.6) is 0 Å². The van der Waals surface area contributed by atoms with Crippen LogP contribution in [0.2, 0.25) is 0 Å². The number of sulfonamides is 1. The van der Waals surface area contributed by atoms with Crippen molar-refractivity contribution in [2.24, 2.45) is 5.92 Å². The van der Waals surface area contributed by atoms with Gasteiger partial charge in [-0.25, -0.2) is 8.42 Å². The van der Waals surface area contributed by atoms with Gasteiger partial charge >= 0.3 is 0 Å². The normalized spacial score (nSPS) is 22.4. The van der Waals surface area contributed by atoms with Gasteiger partial charge in [-0.2, -0.15) is 4.31 Å². The summed E-state index contributed by atoms with van der Waals surface area (Å²) in [4.78, 5) is 27.1. The number of amides is 2. The van der Waals surface area contributed by atoms with Crippen molar-refractivity contribution in [1.82, 2.24) is 9.21 Å². The van der Waals surface area contributed by atoms with Crippen molar-refractivity contribution in [3.8, 4) is 0 Å². The summed E-state index contributed by atoms with van der Waals surface area (Å²) in [7, 11) is -3.54. The highest BCUT2D eigenvalue weighted by atomic mass is 32.2.